The predicted molar refractivity (Wildman–Crippen MR) is 55.7 cm³/mol. The number of nitrogens with zero attached hydrogens (tertiary/aromatic N) is 2. The zero-order valence-electron chi connectivity index (χ0n) is 8.71. The molecule has 0 spiro atoms. The Kier molecular flexibility index (Phi) is 2.95. The molecule has 0 saturated carbocycles. The Labute approximate surface area is 92.1 Å². The van der Waals surface area contributed by atoms with E-state index >= 15 is 0 Å². The van der Waals surface area contributed by atoms with Crippen LogP contribution in [0.15, 0.2) is 35.2 Å². The van der Waals surface area contributed by atoms with Crippen molar-refractivity contribution in [3.8, 4) is 11.5 Å². The van der Waals surface area contributed by atoms with Crippen LogP contribution in [0.1, 0.15) is 17.4 Å². The summed E-state index contributed by atoms with van der Waals surface area (Å²) in [6.07, 6.45) is 4.54. The molecule has 0 saturated heterocycles. The molecule has 0 radical (unpaired) electrons. The van der Waals surface area contributed by atoms with Crippen molar-refractivity contribution in [1.82, 2.24) is 9.97 Å². The lowest BCUT2D eigenvalue weighted by Crippen LogP contribution is -2.04. The maximum Gasteiger partial charge on any atom is 0.360 e. The van der Waals surface area contributed by atoms with E-state index in [1.165, 1.54) is 6.26 Å². The average molecular weight is 218 g/mol. The molecule has 2 rings (SSSR count). The van der Waals surface area contributed by atoms with Gasteiger partial charge in [-0.25, -0.2) is 9.78 Å². The molecule has 5 nitrogen and oxygen atoms in total. The quantitative estimate of drug-likeness (QED) is 0.736. The summed E-state index contributed by atoms with van der Waals surface area (Å²) in [5, 5.41) is 0. The monoisotopic (exact) mass is 218 g/mol. The predicted octanol–water partition coefficient (Wildman–Crippen LogP) is 1.91. The number of oxazole rings is 1. The second kappa shape index (κ2) is 4.57. The number of carbonyl (C=O) groups excluding carboxylic acids is 1. The van der Waals surface area contributed by atoms with Crippen LogP contribution in [0.3, 0.4) is 0 Å². The van der Waals surface area contributed by atoms with Crippen LogP contribution in [0.5, 0.6) is 0 Å². The van der Waals surface area contributed by atoms with Gasteiger partial charge in [0, 0.05) is 12.4 Å². The van der Waals surface area contributed by atoms with Gasteiger partial charge in [-0.3, -0.25) is 4.98 Å². The first-order valence-electron chi connectivity index (χ1n) is 4.84. The van der Waals surface area contributed by atoms with Gasteiger partial charge in [0.15, 0.2) is 5.69 Å². The number of ether oxygens (including phenoxy) is 1. The summed E-state index contributed by atoms with van der Waals surface area (Å²) in [5.74, 6) is -0.127. The van der Waals surface area contributed by atoms with Crippen LogP contribution in [0.4, 0.5) is 0 Å². The van der Waals surface area contributed by atoms with Gasteiger partial charge in [-0.05, 0) is 19.1 Å². The molecule has 0 unspecified atom stereocenters. The number of rotatable bonds is 3. The van der Waals surface area contributed by atoms with E-state index in [9.17, 15) is 4.79 Å². The van der Waals surface area contributed by atoms with Crippen molar-refractivity contribution < 1.29 is 13.9 Å². The molecule has 0 aliphatic heterocycles. The summed E-state index contributed by atoms with van der Waals surface area (Å²) < 4.78 is 9.97. The maximum absolute atomic E-state index is 11.3. The summed E-state index contributed by atoms with van der Waals surface area (Å²) in [4.78, 5) is 19.3. The minimum atomic E-state index is -0.485. The largest absolute Gasteiger partial charge is 0.461 e. The van der Waals surface area contributed by atoms with Crippen LogP contribution in [-0.4, -0.2) is 22.5 Å². The SMILES string of the molecule is CCOC(=O)c1coc(-c2cccnc2)n1. The number of carbonyl (C=O) groups is 1. The Hall–Kier alpha value is -2.17. The van der Waals surface area contributed by atoms with Gasteiger partial charge in [0.1, 0.15) is 6.26 Å². The third kappa shape index (κ3) is 2.08. The lowest BCUT2D eigenvalue weighted by atomic mass is 10.3. The van der Waals surface area contributed by atoms with E-state index in [4.69, 9.17) is 9.15 Å². The molecule has 2 heterocycles. The van der Waals surface area contributed by atoms with Crippen molar-refractivity contribution in [3.63, 3.8) is 0 Å². The number of pyridine rings is 1. The Morgan fingerprint density at radius 1 is 1.56 bits per heavy atom. The molecule has 16 heavy (non-hydrogen) atoms. The van der Waals surface area contributed by atoms with Gasteiger partial charge in [-0.1, -0.05) is 0 Å². The lowest BCUT2D eigenvalue weighted by Gasteiger charge is -1.95. The topological polar surface area (TPSA) is 65.2 Å². The highest BCUT2D eigenvalue weighted by Crippen LogP contribution is 2.17. The molecule has 5 heteroatoms. The fourth-order valence-corrected chi connectivity index (χ4v) is 1.19. The fourth-order valence-electron chi connectivity index (χ4n) is 1.19. The molecule has 0 aliphatic rings. The standard InChI is InChI=1S/C11H10N2O3/c1-2-15-11(14)9-7-16-10(13-9)8-4-3-5-12-6-8/h3-7H,2H2,1H3. The normalized spacial score (nSPS) is 10.1. The van der Waals surface area contributed by atoms with Crippen LogP contribution in [0.2, 0.25) is 0 Å². The first-order valence-corrected chi connectivity index (χ1v) is 4.84. The van der Waals surface area contributed by atoms with Gasteiger partial charge >= 0.3 is 5.97 Å². The van der Waals surface area contributed by atoms with Crippen molar-refractivity contribution in [3.05, 3.63) is 36.5 Å². The zero-order chi connectivity index (χ0) is 11.4. The highest BCUT2D eigenvalue weighted by atomic mass is 16.5. The minimum Gasteiger partial charge on any atom is -0.461 e. The molecule has 82 valence electrons. The second-order valence-electron chi connectivity index (χ2n) is 3.00. The number of aromatic nitrogens is 2. The van der Waals surface area contributed by atoms with Crippen LogP contribution in [0.25, 0.3) is 11.5 Å². The molecule has 0 atom stereocenters. The summed E-state index contributed by atoms with van der Waals surface area (Å²) in [5.41, 5.74) is 0.888. The van der Waals surface area contributed by atoms with E-state index in [2.05, 4.69) is 9.97 Å². The second-order valence-corrected chi connectivity index (χ2v) is 3.00. The van der Waals surface area contributed by atoms with E-state index in [1.54, 1.807) is 31.5 Å². The van der Waals surface area contributed by atoms with Crippen LogP contribution < -0.4 is 0 Å². The maximum atomic E-state index is 11.3. The number of hydrogen-bond acceptors (Lipinski definition) is 5. The van der Waals surface area contributed by atoms with Gasteiger partial charge in [0.2, 0.25) is 5.89 Å². The Morgan fingerprint density at radius 3 is 3.12 bits per heavy atom. The van der Waals surface area contributed by atoms with E-state index in [1.807, 2.05) is 0 Å². The van der Waals surface area contributed by atoms with Crippen molar-refractivity contribution in [2.45, 2.75) is 6.92 Å². The van der Waals surface area contributed by atoms with Crippen molar-refractivity contribution >= 4 is 5.97 Å². The first kappa shape index (κ1) is 10.4. The fraction of sp³-hybridized carbons (Fsp3) is 0.182. The third-order valence-corrected chi connectivity index (χ3v) is 1.90. The van der Waals surface area contributed by atoms with Crippen molar-refractivity contribution in [2.75, 3.05) is 6.61 Å². The summed E-state index contributed by atoms with van der Waals surface area (Å²) >= 11 is 0. The molecular weight excluding hydrogens is 208 g/mol. The van der Waals surface area contributed by atoms with Gasteiger partial charge in [0.25, 0.3) is 0 Å². The molecule has 0 aliphatic carbocycles. The molecule has 2 aromatic heterocycles. The first-order chi connectivity index (χ1) is 7.81. The Balaban J connectivity index is 2.23. The van der Waals surface area contributed by atoms with Gasteiger partial charge in [-0.2, -0.15) is 0 Å². The number of hydrogen-bond donors (Lipinski definition) is 0. The summed E-state index contributed by atoms with van der Waals surface area (Å²) in [7, 11) is 0. The van der Waals surface area contributed by atoms with Gasteiger partial charge in [0.05, 0.1) is 12.2 Å². The third-order valence-electron chi connectivity index (χ3n) is 1.90. The minimum absolute atomic E-state index is 0.167. The Bertz CT molecular complexity index is 479. The van der Waals surface area contributed by atoms with Crippen molar-refractivity contribution in [2.24, 2.45) is 0 Å². The van der Waals surface area contributed by atoms with Crippen LogP contribution in [-0.2, 0) is 4.74 Å². The molecule has 0 aromatic carbocycles. The van der Waals surface area contributed by atoms with Crippen molar-refractivity contribution in [1.29, 1.82) is 0 Å². The van der Waals surface area contributed by atoms with Crippen LogP contribution in [0, 0.1) is 0 Å². The molecular formula is C11H10N2O3. The number of esters is 1. The van der Waals surface area contributed by atoms with E-state index in [0.29, 0.717) is 12.5 Å². The Morgan fingerprint density at radius 2 is 2.44 bits per heavy atom. The van der Waals surface area contributed by atoms with E-state index in [0.717, 1.165) is 5.56 Å². The molecule has 0 N–H and O–H groups in total. The molecule has 2 aromatic rings. The smallest absolute Gasteiger partial charge is 0.360 e. The summed E-state index contributed by atoms with van der Waals surface area (Å²) in [6.45, 7) is 2.05. The van der Waals surface area contributed by atoms with Gasteiger partial charge < -0.3 is 9.15 Å². The van der Waals surface area contributed by atoms with E-state index < -0.39 is 5.97 Å². The lowest BCUT2D eigenvalue weighted by molar-refractivity contribution is 0.0519. The zero-order valence-corrected chi connectivity index (χ0v) is 8.71. The highest BCUT2D eigenvalue weighted by Gasteiger charge is 2.13. The van der Waals surface area contributed by atoms with E-state index in [-0.39, 0.29) is 5.69 Å². The molecule has 0 amide bonds. The average Bonchev–Trinajstić information content (AvgIpc) is 2.80. The highest BCUT2D eigenvalue weighted by molar-refractivity contribution is 5.87. The molecule has 0 fully saturated rings. The molecule has 0 bridgehead atoms. The summed E-state index contributed by atoms with van der Waals surface area (Å²) in [6, 6.07) is 3.57. The van der Waals surface area contributed by atoms with Crippen LogP contribution >= 0.6 is 0 Å². The van der Waals surface area contributed by atoms with Gasteiger partial charge in [-0.15, -0.1) is 0 Å².